The Hall–Kier alpha value is -3.27. The predicted molar refractivity (Wildman–Crippen MR) is 102 cm³/mol. The van der Waals surface area contributed by atoms with Crippen molar-refractivity contribution in [2.24, 2.45) is 0 Å². The molecular formula is C23H20O4. The number of rotatable bonds is 5. The fourth-order valence-corrected chi connectivity index (χ4v) is 3.42. The van der Waals surface area contributed by atoms with Crippen LogP contribution in [0.15, 0.2) is 78.9 Å². The van der Waals surface area contributed by atoms with Gasteiger partial charge in [-0.15, -0.1) is 0 Å². The first-order valence-electron chi connectivity index (χ1n) is 8.87. The van der Waals surface area contributed by atoms with Crippen LogP contribution < -0.4 is 9.47 Å². The maximum Gasteiger partial charge on any atom is 0.317 e. The molecule has 4 nitrogen and oxygen atoms in total. The van der Waals surface area contributed by atoms with Crippen molar-refractivity contribution < 1.29 is 19.0 Å². The van der Waals surface area contributed by atoms with Gasteiger partial charge in [-0.1, -0.05) is 66.7 Å². The van der Waals surface area contributed by atoms with Gasteiger partial charge in [-0.05, 0) is 17.7 Å². The summed E-state index contributed by atoms with van der Waals surface area (Å²) in [5, 5.41) is 0. The zero-order valence-electron chi connectivity index (χ0n) is 15.0. The van der Waals surface area contributed by atoms with E-state index in [0.717, 1.165) is 16.7 Å². The minimum absolute atomic E-state index is 0.317. The Morgan fingerprint density at radius 3 is 2.33 bits per heavy atom. The molecule has 27 heavy (non-hydrogen) atoms. The maximum absolute atomic E-state index is 12.5. The molecule has 0 amide bonds. The summed E-state index contributed by atoms with van der Waals surface area (Å²) in [4.78, 5) is 12.5. The Bertz CT molecular complexity index is 936. The lowest BCUT2D eigenvalue weighted by molar-refractivity contribution is -0.144. The second kappa shape index (κ2) is 7.54. The van der Waals surface area contributed by atoms with Crippen LogP contribution in [-0.4, -0.2) is 13.1 Å². The van der Waals surface area contributed by atoms with Gasteiger partial charge in [-0.25, -0.2) is 0 Å². The largest absolute Gasteiger partial charge is 0.488 e. The predicted octanol–water partition coefficient (Wildman–Crippen LogP) is 4.66. The molecule has 0 saturated carbocycles. The minimum Gasteiger partial charge on any atom is -0.488 e. The lowest BCUT2D eigenvalue weighted by Crippen LogP contribution is -2.20. The number of ether oxygens (including phenoxy) is 3. The van der Waals surface area contributed by atoms with E-state index >= 15 is 0 Å². The van der Waals surface area contributed by atoms with Crippen molar-refractivity contribution in [3.63, 3.8) is 0 Å². The van der Waals surface area contributed by atoms with Crippen LogP contribution in [0.3, 0.4) is 0 Å². The van der Waals surface area contributed by atoms with E-state index in [1.54, 1.807) is 0 Å². The van der Waals surface area contributed by atoms with Crippen LogP contribution >= 0.6 is 0 Å². The van der Waals surface area contributed by atoms with Crippen LogP contribution in [0.5, 0.6) is 11.5 Å². The number of benzene rings is 3. The van der Waals surface area contributed by atoms with Crippen molar-refractivity contribution in [1.82, 2.24) is 0 Å². The Labute approximate surface area is 158 Å². The molecule has 4 rings (SSSR count). The fourth-order valence-electron chi connectivity index (χ4n) is 3.42. The molecule has 0 fully saturated rings. The van der Waals surface area contributed by atoms with Crippen molar-refractivity contribution in [3.05, 3.63) is 95.6 Å². The molecule has 0 N–H and O–H groups in total. The lowest BCUT2D eigenvalue weighted by Gasteiger charge is -2.20. The number of fused-ring (bicyclic) bond motifs is 1. The van der Waals surface area contributed by atoms with E-state index < -0.39 is 12.0 Å². The first-order chi connectivity index (χ1) is 13.3. The number of hydrogen-bond acceptors (Lipinski definition) is 4. The highest BCUT2D eigenvalue weighted by Gasteiger charge is 2.42. The summed E-state index contributed by atoms with van der Waals surface area (Å²) in [6.07, 6.45) is -0.484. The molecule has 0 radical (unpaired) electrons. The number of para-hydroxylation sites is 2. The molecule has 3 aromatic rings. The third-order valence-corrected chi connectivity index (χ3v) is 4.73. The van der Waals surface area contributed by atoms with Gasteiger partial charge >= 0.3 is 5.97 Å². The van der Waals surface area contributed by atoms with Gasteiger partial charge in [0, 0.05) is 11.1 Å². The van der Waals surface area contributed by atoms with Crippen molar-refractivity contribution in [2.75, 3.05) is 7.11 Å². The van der Waals surface area contributed by atoms with Crippen LogP contribution in [0.1, 0.15) is 28.7 Å². The van der Waals surface area contributed by atoms with Gasteiger partial charge in [0.1, 0.15) is 30.1 Å². The summed E-state index contributed by atoms with van der Waals surface area (Å²) < 4.78 is 17.3. The van der Waals surface area contributed by atoms with E-state index in [2.05, 4.69) is 0 Å². The SMILES string of the molecule is COC(=O)[C@H]1c2ccccc2O[C@@H]1c1ccccc1OCc1ccccc1. The molecule has 0 aliphatic carbocycles. The summed E-state index contributed by atoms with van der Waals surface area (Å²) in [5.41, 5.74) is 2.75. The normalized spacial score (nSPS) is 17.7. The molecule has 0 saturated heterocycles. The second-order valence-electron chi connectivity index (χ2n) is 6.39. The molecule has 4 heteroatoms. The smallest absolute Gasteiger partial charge is 0.317 e. The average molecular weight is 360 g/mol. The lowest BCUT2D eigenvalue weighted by atomic mass is 9.91. The third-order valence-electron chi connectivity index (χ3n) is 4.73. The van der Waals surface area contributed by atoms with Crippen LogP contribution in [0.2, 0.25) is 0 Å². The summed E-state index contributed by atoms with van der Waals surface area (Å²) >= 11 is 0. The summed E-state index contributed by atoms with van der Waals surface area (Å²) in [7, 11) is 1.40. The molecule has 1 aliphatic heterocycles. The third kappa shape index (κ3) is 3.38. The molecule has 2 atom stereocenters. The van der Waals surface area contributed by atoms with E-state index in [1.165, 1.54) is 7.11 Å². The summed E-state index contributed by atoms with van der Waals surface area (Å²) in [5.74, 6) is 0.569. The maximum atomic E-state index is 12.5. The Morgan fingerprint density at radius 1 is 0.889 bits per heavy atom. The number of carbonyl (C=O) groups excluding carboxylic acids is 1. The van der Waals surface area contributed by atoms with Crippen molar-refractivity contribution in [2.45, 2.75) is 18.6 Å². The Morgan fingerprint density at radius 2 is 1.56 bits per heavy atom. The first kappa shape index (κ1) is 17.2. The van der Waals surface area contributed by atoms with Gasteiger partial charge in [-0.2, -0.15) is 0 Å². The average Bonchev–Trinajstić information content (AvgIpc) is 3.12. The van der Waals surface area contributed by atoms with Crippen molar-refractivity contribution in [3.8, 4) is 11.5 Å². The number of methoxy groups -OCH3 is 1. The van der Waals surface area contributed by atoms with Gasteiger partial charge in [0.05, 0.1) is 7.11 Å². The molecule has 136 valence electrons. The Kier molecular flexibility index (Phi) is 4.79. The van der Waals surface area contributed by atoms with Gasteiger partial charge in [-0.3, -0.25) is 4.79 Å². The van der Waals surface area contributed by atoms with E-state index in [9.17, 15) is 4.79 Å². The first-order valence-corrected chi connectivity index (χ1v) is 8.87. The molecular weight excluding hydrogens is 340 g/mol. The van der Waals surface area contributed by atoms with E-state index in [-0.39, 0.29) is 5.97 Å². The van der Waals surface area contributed by atoms with Crippen molar-refractivity contribution in [1.29, 1.82) is 0 Å². The van der Waals surface area contributed by atoms with E-state index in [4.69, 9.17) is 14.2 Å². The highest BCUT2D eigenvalue weighted by atomic mass is 16.5. The number of carbonyl (C=O) groups is 1. The fraction of sp³-hybridized carbons (Fsp3) is 0.174. The van der Waals surface area contributed by atoms with Gasteiger partial charge in [0.25, 0.3) is 0 Å². The number of esters is 1. The van der Waals surface area contributed by atoms with Crippen LogP contribution in [0.25, 0.3) is 0 Å². The minimum atomic E-state index is -0.521. The quantitative estimate of drug-likeness (QED) is 0.621. The molecule has 0 spiro atoms. The van der Waals surface area contributed by atoms with E-state index in [1.807, 2.05) is 78.9 Å². The highest BCUT2D eigenvalue weighted by Crippen LogP contribution is 2.48. The molecule has 1 heterocycles. The number of hydrogen-bond donors (Lipinski definition) is 0. The van der Waals surface area contributed by atoms with E-state index in [0.29, 0.717) is 18.1 Å². The van der Waals surface area contributed by atoms with Gasteiger partial charge in [0.2, 0.25) is 0 Å². The monoisotopic (exact) mass is 360 g/mol. The molecule has 0 aromatic heterocycles. The zero-order chi connectivity index (χ0) is 18.6. The second-order valence-corrected chi connectivity index (χ2v) is 6.39. The molecule has 1 aliphatic rings. The summed E-state index contributed by atoms with van der Waals surface area (Å²) in [6, 6.07) is 25.2. The topological polar surface area (TPSA) is 44.8 Å². The van der Waals surface area contributed by atoms with Crippen LogP contribution in [0.4, 0.5) is 0 Å². The van der Waals surface area contributed by atoms with Gasteiger partial charge < -0.3 is 14.2 Å². The van der Waals surface area contributed by atoms with Gasteiger partial charge in [0.15, 0.2) is 0 Å². The van der Waals surface area contributed by atoms with Crippen molar-refractivity contribution >= 4 is 5.97 Å². The van der Waals surface area contributed by atoms with Crippen LogP contribution in [-0.2, 0) is 16.1 Å². The standard InChI is InChI=1S/C23H20O4/c1-25-23(24)21-17-11-5-8-14-20(17)27-22(21)18-12-6-7-13-19(18)26-15-16-9-3-2-4-10-16/h2-14,21-22H,15H2,1H3/t21-,22+/m0/s1. The van der Waals surface area contributed by atoms with Crippen LogP contribution in [0, 0.1) is 0 Å². The molecule has 3 aromatic carbocycles. The molecule has 0 unspecified atom stereocenters. The summed E-state index contributed by atoms with van der Waals surface area (Å²) in [6.45, 7) is 0.445. The highest BCUT2D eigenvalue weighted by molar-refractivity contribution is 5.81. The zero-order valence-corrected chi connectivity index (χ0v) is 15.0. The Balaban J connectivity index is 1.66. The molecule has 0 bridgehead atoms.